The minimum atomic E-state index is 0.386. The van der Waals surface area contributed by atoms with E-state index in [1.165, 1.54) is 10.4 Å². The number of thiophene rings is 1. The molecular weight excluding hydrogens is 290 g/mol. The van der Waals surface area contributed by atoms with Crippen molar-refractivity contribution >= 4 is 22.9 Å². The standard InChI is InChI=1S/C16H20ClNOS/c1-3-15(12-4-6-13(19-2)7-5-12)18-11-10-14-8-9-16(17)20-14/h4-9,15,18H,3,10-11H2,1-2H3. The van der Waals surface area contributed by atoms with Crippen molar-refractivity contribution in [3.05, 3.63) is 51.2 Å². The van der Waals surface area contributed by atoms with Gasteiger partial charge in [-0.15, -0.1) is 11.3 Å². The maximum absolute atomic E-state index is 5.94. The summed E-state index contributed by atoms with van der Waals surface area (Å²) in [5, 5.41) is 3.60. The zero-order valence-electron chi connectivity index (χ0n) is 11.9. The van der Waals surface area contributed by atoms with E-state index < -0.39 is 0 Å². The molecule has 1 N–H and O–H groups in total. The molecule has 1 heterocycles. The van der Waals surface area contributed by atoms with Gasteiger partial charge < -0.3 is 10.1 Å². The van der Waals surface area contributed by atoms with Gasteiger partial charge in [0.2, 0.25) is 0 Å². The van der Waals surface area contributed by atoms with E-state index in [1.807, 2.05) is 18.2 Å². The number of methoxy groups -OCH3 is 1. The molecule has 0 aliphatic heterocycles. The molecule has 0 aliphatic carbocycles. The molecular formula is C16H20ClNOS. The lowest BCUT2D eigenvalue weighted by Crippen LogP contribution is -2.23. The maximum atomic E-state index is 5.94. The molecule has 20 heavy (non-hydrogen) atoms. The van der Waals surface area contributed by atoms with E-state index in [0.717, 1.165) is 29.5 Å². The normalized spacial score (nSPS) is 12.3. The highest BCUT2D eigenvalue weighted by Crippen LogP contribution is 2.23. The second kappa shape index (κ2) is 7.67. The molecule has 0 fully saturated rings. The van der Waals surface area contributed by atoms with Crippen molar-refractivity contribution in [2.45, 2.75) is 25.8 Å². The molecule has 4 heteroatoms. The van der Waals surface area contributed by atoms with Crippen LogP contribution >= 0.6 is 22.9 Å². The lowest BCUT2D eigenvalue weighted by molar-refractivity contribution is 0.414. The van der Waals surface area contributed by atoms with Crippen molar-refractivity contribution in [2.24, 2.45) is 0 Å². The summed E-state index contributed by atoms with van der Waals surface area (Å²) in [6, 6.07) is 12.7. The number of ether oxygens (including phenoxy) is 1. The highest BCUT2D eigenvalue weighted by molar-refractivity contribution is 7.16. The predicted molar refractivity (Wildman–Crippen MR) is 87.1 cm³/mol. The van der Waals surface area contributed by atoms with Crippen molar-refractivity contribution in [2.75, 3.05) is 13.7 Å². The van der Waals surface area contributed by atoms with E-state index in [-0.39, 0.29) is 0 Å². The Bertz CT molecular complexity index is 524. The van der Waals surface area contributed by atoms with Crippen LogP contribution in [0.15, 0.2) is 36.4 Å². The number of hydrogen-bond acceptors (Lipinski definition) is 3. The van der Waals surface area contributed by atoms with Gasteiger partial charge >= 0.3 is 0 Å². The van der Waals surface area contributed by atoms with Crippen LogP contribution in [-0.4, -0.2) is 13.7 Å². The summed E-state index contributed by atoms with van der Waals surface area (Å²) >= 11 is 7.60. The van der Waals surface area contributed by atoms with Gasteiger partial charge in [-0.05, 0) is 42.7 Å². The van der Waals surface area contributed by atoms with E-state index >= 15 is 0 Å². The molecule has 1 unspecified atom stereocenters. The van der Waals surface area contributed by atoms with Crippen LogP contribution < -0.4 is 10.1 Å². The predicted octanol–water partition coefficient (Wildman–Crippen LogP) is 4.69. The fraction of sp³-hybridized carbons (Fsp3) is 0.375. The Hall–Kier alpha value is -1.03. The van der Waals surface area contributed by atoms with Gasteiger partial charge in [-0.2, -0.15) is 0 Å². The molecule has 0 saturated heterocycles. The van der Waals surface area contributed by atoms with Crippen molar-refractivity contribution in [3.63, 3.8) is 0 Å². The Morgan fingerprint density at radius 3 is 2.50 bits per heavy atom. The van der Waals surface area contributed by atoms with Crippen LogP contribution in [0.3, 0.4) is 0 Å². The van der Waals surface area contributed by atoms with Gasteiger partial charge in [-0.1, -0.05) is 30.7 Å². The fourth-order valence-electron chi connectivity index (χ4n) is 2.19. The highest BCUT2D eigenvalue weighted by atomic mass is 35.5. The van der Waals surface area contributed by atoms with E-state index in [0.29, 0.717) is 6.04 Å². The van der Waals surface area contributed by atoms with Crippen LogP contribution in [0.2, 0.25) is 4.34 Å². The van der Waals surface area contributed by atoms with Crippen molar-refractivity contribution < 1.29 is 4.74 Å². The van der Waals surface area contributed by atoms with Crippen LogP contribution in [0.25, 0.3) is 0 Å². The Morgan fingerprint density at radius 1 is 1.20 bits per heavy atom. The summed E-state index contributed by atoms with van der Waals surface area (Å²) in [5.74, 6) is 0.900. The smallest absolute Gasteiger partial charge is 0.118 e. The molecule has 0 radical (unpaired) electrons. The van der Waals surface area contributed by atoms with Gasteiger partial charge in [0, 0.05) is 17.5 Å². The summed E-state index contributed by atoms with van der Waals surface area (Å²) in [4.78, 5) is 1.33. The third-order valence-electron chi connectivity index (χ3n) is 3.32. The molecule has 2 aromatic rings. The van der Waals surface area contributed by atoms with Gasteiger partial charge in [0.15, 0.2) is 0 Å². The monoisotopic (exact) mass is 309 g/mol. The Kier molecular flexibility index (Phi) is 5.89. The summed E-state index contributed by atoms with van der Waals surface area (Å²) in [6.45, 7) is 3.16. The minimum absolute atomic E-state index is 0.386. The van der Waals surface area contributed by atoms with Crippen LogP contribution in [0.4, 0.5) is 0 Å². The van der Waals surface area contributed by atoms with E-state index in [2.05, 4.69) is 30.4 Å². The quantitative estimate of drug-likeness (QED) is 0.801. The number of rotatable bonds is 7. The van der Waals surface area contributed by atoms with Crippen LogP contribution in [0.5, 0.6) is 5.75 Å². The molecule has 0 bridgehead atoms. The Labute approximate surface area is 129 Å². The van der Waals surface area contributed by atoms with Crippen LogP contribution in [-0.2, 0) is 6.42 Å². The van der Waals surface area contributed by atoms with Crippen LogP contribution in [0, 0.1) is 0 Å². The first-order valence-corrected chi connectivity index (χ1v) is 8.04. The third-order valence-corrected chi connectivity index (χ3v) is 4.61. The average Bonchev–Trinajstić information content (AvgIpc) is 2.89. The minimum Gasteiger partial charge on any atom is -0.497 e. The van der Waals surface area contributed by atoms with Gasteiger partial charge in [-0.25, -0.2) is 0 Å². The third kappa shape index (κ3) is 4.23. The summed E-state index contributed by atoms with van der Waals surface area (Å²) in [5.41, 5.74) is 1.30. The topological polar surface area (TPSA) is 21.3 Å². The molecule has 0 spiro atoms. The second-order valence-electron chi connectivity index (χ2n) is 4.64. The summed E-state index contributed by atoms with van der Waals surface area (Å²) < 4.78 is 6.06. The number of halogens is 1. The Morgan fingerprint density at radius 2 is 1.95 bits per heavy atom. The molecule has 1 aromatic heterocycles. The number of hydrogen-bond donors (Lipinski definition) is 1. The fourth-order valence-corrected chi connectivity index (χ4v) is 3.28. The van der Waals surface area contributed by atoms with Crippen molar-refractivity contribution in [1.29, 1.82) is 0 Å². The van der Waals surface area contributed by atoms with Gasteiger partial charge in [0.1, 0.15) is 5.75 Å². The van der Waals surface area contributed by atoms with Crippen LogP contribution in [0.1, 0.15) is 29.8 Å². The lowest BCUT2D eigenvalue weighted by atomic mass is 10.0. The molecule has 0 amide bonds. The number of nitrogens with one attached hydrogen (secondary N) is 1. The van der Waals surface area contributed by atoms with E-state index in [1.54, 1.807) is 18.4 Å². The van der Waals surface area contributed by atoms with Crippen molar-refractivity contribution in [3.8, 4) is 5.75 Å². The summed E-state index contributed by atoms with van der Waals surface area (Å²) in [6.07, 6.45) is 2.08. The largest absolute Gasteiger partial charge is 0.497 e. The highest BCUT2D eigenvalue weighted by Gasteiger charge is 2.08. The average molecular weight is 310 g/mol. The maximum Gasteiger partial charge on any atom is 0.118 e. The van der Waals surface area contributed by atoms with E-state index in [9.17, 15) is 0 Å². The zero-order chi connectivity index (χ0) is 14.4. The van der Waals surface area contributed by atoms with E-state index in [4.69, 9.17) is 16.3 Å². The molecule has 0 aliphatic rings. The number of benzene rings is 1. The van der Waals surface area contributed by atoms with Crippen molar-refractivity contribution in [1.82, 2.24) is 5.32 Å². The summed E-state index contributed by atoms with van der Waals surface area (Å²) in [7, 11) is 1.69. The molecule has 1 atom stereocenters. The first-order valence-electron chi connectivity index (χ1n) is 6.84. The molecule has 0 saturated carbocycles. The molecule has 1 aromatic carbocycles. The SMILES string of the molecule is CCC(NCCc1ccc(Cl)s1)c1ccc(OC)cc1. The lowest BCUT2D eigenvalue weighted by Gasteiger charge is -2.17. The molecule has 108 valence electrons. The van der Waals surface area contributed by atoms with Gasteiger partial charge in [-0.3, -0.25) is 0 Å². The van der Waals surface area contributed by atoms with Gasteiger partial charge in [0.25, 0.3) is 0 Å². The molecule has 2 rings (SSSR count). The first kappa shape index (κ1) is 15.4. The Balaban J connectivity index is 1.88. The second-order valence-corrected chi connectivity index (χ2v) is 6.44. The zero-order valence-corrected chi connectivity index (χ0v) is 13.4. The first-order chi connectivity index (χ1) is 9.72. The van der Waals surface area contributed by atoms with Gasteiger partial charge in [0.05, 0.1) is 11.4 Å². The molecule has 2 nitrogen and oxygen atoms in total.